The van der Waals surface area contributed by atoms with Crippen LogP contribution in [0.2, 0.25) is 0 Å². The van der Waals surface area contributed by atoms with Gasteiger partial charge in [0.05, 0.1) is 18.1 Å². The number of carbonyl (C=O) groups is 3. The third-order valence-electron chi connectivity index (χ3n) is 8.34. The number of ether oxygens (including phenoxy) is 5. The number of rotatable bonds is 10. The molecule has 0 aromatic heterocycles. The summed E-state index contributed by atoms with van der Waals surface area (Å²) in [5, 5.41) is 0. The summed E-state index contributed by atoms with van der Waals surface area (Å²) in [4.78, 5) is 35.9. The monoisotopic (exact) mass is 638 g/mol. The molecule has 0 aromatic rings. The van der Waals surface area contributed by atoms with Crippen molar-refractivity contribution in [3.8, 4) is 35.7 Å². The van der Waals surface area contributed by atoms with Crippen molar-refractivity contribution >= 4 is 17.9 Å². The fourth-order valence-electron chi connectivity index (χ4n) is 5.66. The molecular formula is C39H42O8. The highest BCUT2D eigenvalue weighted by molar-refractivity contribution is 5.87. The first-order chi connectivity index (χ1) is 22.8. The second kappa shape index (κ2) is 20.5. The fraction of sp³-hybridized carbons (Fsp3) is 0.513. The van der Waals surface area contributed by atoms with E-state index in [1.165, 1.54) is 0 Å². The summed E-state index contributed by atoms with van der Waals surface area (Å²) in [5.41, 5.74) is 10.8. The van der Waals surface area contributed by atoms with Gasteiger partial charge in [-0.15, -0.1) is 0 Å². The van der Waals surface area contributed by atoms with Gasteiger partial charge in [-0.1, -0.05) is 24.8 Å². The summed E-state index contributed by atoms with van der Waals surface area (Å²) in [5.74, 6) is 12.8. The van der Waals surface area contributed by atoms with Crippen molar-refractivity contribution < 1.29 is 38.1 Å². The average molecular weight is 639 g/mol. The minimum Gasteiger partial charge on any atom is -0.462 e. The molecule has 0 aliphatic heterocycles. The van der Waals surface area contributed by atoms with Crippen molar-refractivity contribution in [3.05, 3.63) is 60.1 Å². The van der Waals surface area contributed by atoms with Gasteiger partial charge in [-0.25, -0.2) is 9.59 Å². The van der Waals surface area contributed by atoms with Crippen molar-refractivity contribution in [2.45, 2.75) is 102 Å². The topological polar surface area (TPSA) is 97.4 Å². The van der Waals surface area contributed by atoms with Crippen LogP contribution in [0.25, 0.3) is 0 Å². The molecule has 3 aliphatic carbocycles. The normalized spacial score (nSPS) is 24.4. The lowest BCUT2D eigenvalue weighted by Gasteiger charge is -2.32. The SMILES string of the molecule is C=C=C=C=C=C(OC(=O)C=C)C1CCC(OC(=O)C2CCC(OCOC3CCC(C#CC#CC#COC(=O)C(=C)C)CC3)CC2)CC1. The van der Waals surface area contributed by atoms with Gasteiger partial charge in [-0.3, -0.25) is 4.79 Å². The molecule has 246 valence electrons. The predicted octanol–water partition coefficient (Wildman–Crippen LogP) is 6.15. The standard InChI is InChI=1S/C39H42O8/c1-5-7-10-14-36(47-37(40)6-2)31-17-25-35(26-18-31)46-39(42)32-19-23-34(24-20-32)45-28-44-33-21-15-30(16-22-33)13-11-8-9-12-27-43-38(41)29(3)4/h6,30-35H,1-3,15-26,28H2,4H3. The average Bonchev–Trinajstić information content (AvgIpc) is 3.08. The third-order valence-corrected chi connectivity index (χ3v) is 8.34. The smallest absolute Gasteiger partial charge is 0.347 e. The lowest BCUT2D eigenvalue weighted by atomic mass is 9.85. The molecule has 3 saturated carbocycles. The largest absolute Gasteiger partial charge is 0.462 e. The summed E-state index contributed by atoms with van der Waals surface area (Å²) in [6.07, 6.45) is 12.9. The quantitative estimate of drug-likeness (QED) is 0.0535. The second-order valence-electron chi connectivity index (χ2n) is 11.8. The minimum atomic E-state index is -0.573. The van der Waals surface area contributed by atoms with Gasteiger partial charge in [-0.05, 0) is 120 Å². The fourth-order valence-corrected chi connectivity index (χ4v) is 5.66. The van der Waals surface area contributed by atoms with Gasteiger partial charge in [0.15, 0.2) is 5.76 Å². The van der Waals surface area contributed by atoms with Crippen LogP contribution < -0.4 is 0 Å². The zero-order chi connectivity index (χ0) is 33.9. The Morgan fingerprint density at radius 3 is 1.98 bits per heavy atom. The van der Waals surface area contributed by atoms with E-state index in [2.05, 4.69) is 83.1 Å². The highest BCUT2D eigenvalue weighted by Gasteiger charge is 2.32. The molecule has 3 rings (SSSR count). The number of hydrogen-bond donors (Lipinski definition) is 0. The lowest BCUT2D eigenvalue weighted by Crippen LogP contribution is -2.32. The molecule has 0 unspecified atom stereocenters. The van der Waals surface area contributed by atoms with Gasteiger partial charge in [0.2, 0.25) is 0 Å². The Morgan fingerprint density at radius 2 is 1.36 bits per heavy atom. The molecule has 0 spiro atoms. The van der Waals surface area contributed by atoms with Crippen LogP contribution in [-0.2, 0) is 38.1 Å². The van der Waals surface area contributed by atoms with Gasteiger partial charge in [0, 0.05) is 35.3 Å². The predicted molar refractivity (Wildman–Crippen MR) is 174 cm³/mol. The Balaban J connectivity index is 1.29. The lowest BCUT2D eigenvalue weighted by molar-refractivity contribution is -0.161. The summed E-state index contributed by atoms with van der Waals surface area (Å²) in [6, 6.07) is 0. The molecule has 0 radical (unpaired) electrons. The van der Waals surface area contributed by atoms with Crippen molar-refractivity contribution in [2.24, 2.45) is 17.8 Å². The van der Waals surface area contributed by atoms with E-state index in [-0.39, 0.29) is 54.4 Å². The highest BCUT2D eigenvalue weighted by atomic mass is 16.7. The second-order valence-corrected chi connectivity index (χ2v) is 11.8. The molecule has 8 heteroatoms. The Kier molecular flexibility index (Phi) is 16.0. The first kappa shape index (κ1) is 36.8. The molecule has 0 atom stereocenters. The molecule has 0 bridgehead atoms. The molecule has 0 amide bonds. The number of esters is 3. The van der Waals surface area contributed by atoms with Gasteiger partial charge < -0.3 is 23.7 Å². The van der Waals surface area contributed by atoms with E-state index in [0.29, 0.717) is 31.4 Å². The molecule has 0 heterocycles. The van der Waals surface area contributed by atoms with E-state index in [4.69, 9.17) is 18.9 Å². The molecule has 47 heavy (non-hydrogen) atoms. The molecule has 8 nitrogen and oxygen atoms in total. The van der Waals surface area contributed by atoms with Crippen LogP contribution in [0.15, 0.2) is 60.1 Å². The maximum absolute atomic E-state index is 12.9. The van der Waals surface area contributed by atoms with E-state index < -0.39 is 11.9 Å². The van der Waals surface area contributed by atoms with Crippen LogP contribution in [0.1, 0.15) is 84.0 Å². The summed E-state index contributed by atoms with van der Waals surface area (Å²) >= 11 is 0. The Hall–Kier alpha value is -4.65. The van der Waals surface area contributed by atoms with Gasteiger partial charge in [-0.2, -0.15) is 0 Å². The molecule has 0 saturated heterocycles. The maximum atomic E-state index is 12.9. The van der Waals surface area contributed by atoms with E-state index in [1.807, 2.05) is 0 Å². The zero-order valence-electron chi connectivity index (χ0n) is 27.1. The zero-order valence-corrected chi connectivity index (χ0v) is 27.1. The Morgan fingerprint density at radius 1 is 0.766 bits per heavy atom. The number of carbonyl (C=O) groups excluding carboxylic acids is 3. The van der Waals surface area contributed by atoms with Crippen molar-refractivity contribution in [3.63, 3.8) is 0 Å². The number of hydrogen-bond acceptors (Lipinski definition) is 8. The summed E-state index contributed by atoms with van der Waals surface area (Å²) in [7, 11) is 0. The van der Waals surface area contributed by atoms with Crippen LogP contribution in [0.3, 0.4) is 0 Å². The van der Waals surface area contributed by atoms with Gasteiger partial charge >= 0.3 is 17.9 Å². The van der Waals surface area contributed by atoms with E-state index in [0.717, 1.165) is 57.4 Å². The molecular weight excluding hydrogens is 596 g/mol. The van der Waals surface area contributed by atoms with E-state index in [1.54, 1.807) is 6.92 Å². The highest BCUT2D eigenvalue weighted by Crippen LogP contribution is 2.34. The van der Waals surface area contributed by atoms with Crippen LogP contribution in [0.4, 0.5) is 0 Å². The third kappa shape index (κ3) is 13.7. The summed E-state index contributed by atoms with van der Waals surface area (Å²) < 4.78 is 27.9. The van der Waals surface area contributed by atoms with Crippen LogP contribution in [0.5, 0.6) is 0 Å². The Labute approximate surface area is 278 Å². The van der Waals surface area contributed by atoms with Crippen LogP contribution in [0, 0.1) is 53.5 Å². The van der Waals surface area contributed by atoms with E-state index >= 15 is 0 Å². The molecule has 0 N–H and O–H groups in total. The molecule has 0 aromatic carbocycles. The minimum absolute atomic E-state index is 0.0362. The first-order valence-electron chi connectivity index (χ1n) is 16.1. The summed E-state index contributed by atoms with van der Waals surface area (Å²) in [6.45, 7) is 12.1. The van der Waals surface area contributed by atoms with Gasteiger partial charge in [0.1, 0.15) is 19.0 Å². The molecule has 3 fully saturated rings. The maximum Gasteiger partial charge on any atom is 0.347 e. The van der Waals surface area contributed by atoms with E-state index in [9.17, 15) is 14.4 Å². The number of allylic oxidation sites excluding steroid dienone is 1. The van der Waals surface area contributed by atoms with Crippen molar-refractivity contribution in [1.82, 2.24) is 0 Å². The van der Waals surface area contributed by atoms with Gasteiger partial charge in [0.25, 0.3) is 0 Å². The first-order valence-corrected chi connectivity index (χ1v) is 16.1. The van der Waals surface area contributed by atoms with Crippen LogP contribution >= 0.6 is 0 Å². The van der Waals surface area contributed by atoms with Crippen LogP contribution in [-0.4, -0.2) is 43.0 Å². The Bertz CT molecular complexity index is 1500. The van der Waals surface area contributed by atoms with Crippen molar-refractivity contribution in [2.75, 3.05) is 6.79 Å². The van der Waals surface area contributed by atoms with Crippen molar-refractivity contribution in [1.29, 1.82) is 0 Å². The molecule has 3 aliphatic rings.